The fourth-order valence-corrected chi connectivity index (χ4v) is 2.68. The minimum atomic E-state index is -0.00810. The summed E-state index contributed by atoms with van der Waals surface area (Å²) >= 11 is 0. The lowest BCUT2D eigenvalue weighted by Crippen LogP contribution is -2.44. The minimum Gasteiger partial charge on any atom is -0.489 e. The maximum Gasteiger partial charge on any atom is 0.241 e. The lowest BCUT2D eigenvalue weighted by atomic mass is 10.2. The molecule has 160 valence electrons. The summed E-state index contributed by atoms with van der Waals surface area (Å²) in [6.07, 6.45) is 4.19. The van der Waals surface area contributed by atoms with Gasteiger partial charge in [0, 0.05) is 44.0 Å². The molecule has 0 saturated carbocycles. The molecule has 30 heavy (non-hydrogen) atoms. The van der Waals surface area contributed by atoms with Crippen molar-refractivity contribution >= 4 is 11.9 Å². The van der Waals surface area contributed by atoms with Gasteiger partial charge in [-0.3, -0.25) is 9.78 Å². The van der Waals surface area contributed by atoms with Crippen LogP contribution in [0.5, 0.6) is 5.75 Å². The number of hydrogen-bond donors (Lipinski definition) is 2. The molecule has 0 spiro atoms. The number of benzene rings is 1. The molecule has 7 heteroatoms. The Bertz CT molecular complexity index is 823. The van der Waals surface area contributed by atoms with Crippen LogP contribution in [0.3, 0.4) is 0 Å². The van der Waals surface area contributed by atoms with Crippen LogP contribution in [-0.2, 0) is 17.8 Å². The number of amides is 1. The highest BCUT2D eigenvalue weighted by Crippen LogP contribution is 2.18. The Labute approximate surface area is 178 Å². The van der Waals surface area contributed by atoms with E-state index < -0.39 is 0 Å². The Morgan fingerprint density at radius 3 is 2.77 bits per heavy atom. The highest BCUT2D eigenvalue weighted by atomic mass is 16.5. The monoisotopic (exact) mass is 409 g/mol. The number of pyridine rings is 1. The summed E-state index contributed by atoms with van der Waals surface area (Å²) < 4.78 is 5.68. The molecule has 1 heterocycles. The molecule has 0 bridgehead atoms. The molecule has 0 aliphatic carbocycles. The summed E-state index contributed by atoms with van der Waals surface area (Å²) in [4.78, 5) is 23.0. The molecule has 1 amide bonds. The normalized spacial score (nSPS) is 10.9. The van der Waals surface area contributed by atoms with Crippen molar-refractivity contribution in [3.05, 3.63) is 72.6 Å². The Hall–Kier alpha value is -3.35. The third kappa shape index (κ3) is 7.95. The SMILES string of the molecule is C=CCOc1ccccc1CN=C(NCC)NCC(=O)N(C)CCc1ccccn1. The van der Waals surface area contributed by atoms with Gasteiger partial charge in [-0.15, -0.1) is 0 Å². The van der Waals surface area contributed by atoms with Gasteiger partial charge in [-0.2, -0.15) is 0 Å². The van der Waals surface area contributed by atoms with Crippen LogP contribution in [0.25, 0.3) is 0 Å². The average molecular weight is 410 g/mol. The largest absolute Gasteiger partial charge is 0.489 e. The number of aliphatic imine (C=N–C) groups is 1. The lowest BCUT2D eigenvalue weighted by molar-refractivity contribution is -0.128. The number of hydrogen-bond acceptors (Lipinski definition) is 4. The third-order valence-corrected chi connectivity index (χ3v) is 4.34. The Balaban J connectivity index is 1.88. The fraction of sp³-hybridized carbons (Fsp3) is 0.348. The first-order chi connectivity index (χ1) is 14.6. The van der Waals surface area contributed by atoms with E-state index in [1.807, 2.05) is 49.4 Å². The predicted octanol–water partition coefficient (Wildman–Crippen LogP) is 2.40. The smallest absolute Gasteiger partial charge is 0.241 e. The van der Waals surface area contributed by atoms with Gasteiger partial charge in [-0.25, -0.2) is 4.99 Å². The average Bonchev–Trinajstić information content (AvgIpc) is 2.78. The van der Waals surface area contributed by atoms with E-state index in [-0.39, 0.29) is 12.5 Å². The van der Waals surface area contributed by atoms with E-state index in [4.69, 9.17) is 4.74 Å². The van der Waals surface area contributed by atoms with Crippen molar-refractivity contribution < 1.29 is 9.53 Å². The van der Waals surface area contributed by atoms with E-state index in [0.29, 0.717) is 32.2 Å². The topological polar surface area (TPSA) is 78.8 Å². The summed E-state index contributed by atoms with van der Waals surface area (Å²) in [7, 11) is 1.80. The zero-order valence-corrected chi connectivity index (χ0v) is 17.8. The van der Waals surface area contributed by atoms with E-state index in [1.54, 1.807) is 24.2 Å². The van der Waals surface area contributed by atoms with Gasteiger partial charge in [0.1, 0.15) is 12.4 Å². The molecular weight excluding hydrogens is 378 g/mol. The number of rotatable bonds is 11. The molecule has 0 atom stereocenters. The zero-order chi connectivity index (χ0) is 21.6. The van der Waals surface area contributed by atoms with Gasteiger partial charge in [-0.05, 0) is 25.1 Å². The molecule has 1 aromatic carbocycles. The number of nitrogens with zero attached hydrogens (tertiary/aromatic N) is 3. The fourth-order valence-electron chi connectivity index (χ4n) is 2.68. The second-order valence-electron chi connectivity index (χ2n) is 6.64. The van der Waals surface area contributed by atoms with Crippen molar-refractivity contribution in [2.45, 2.75) is 19.9 Å². The van der Waals surface area contributed by atoms with Crippen LogP contribution >= 0.6 is 0 Å². The highest BCUT2D eigenvalue weighted by Gasteiger charge is 2.10. The molecule has 0 fully saturated rings. The molecule has 0 aliphatic heterocycles. The second-order valence-corrected chi connectivity index (χ2v) is 6.64. The van der Waals surface area contributed by atoms with Gasteiger partial charge in [0.25, 0.3) is 0 Å². The Kier molecular flexibility index (Phi) is 9.92. The minimum absolute atomic E-state index is 0.00810. The number of ether oxygens (including phenoxy) is 1. The molecule has 0 unspecified atom stereocenters. The first kappa shape index (κ1) is 22.9. The Morgan fingerprint density at radius 2 is 2.03 bits per heavy atom. The van der Waals surface area contributed by atoms with Crippen LogP contribution in [0.2, 0.25) is 0 Å². The first-order valence-electron chi connectivity index (χ1n) is 10.1. The van der Waals surface area contributed by atoms with Crippen LogP contribution in [0.1, 0.15) is 18.2 Å². The van der Waals surface area contributed by atoms with Gasteiger partial charge in [0.2, 0.25) is 5.91 Å². The molecular formula is C23H31N5O2. The molecule has 0 radical (unpaired) electrons. The quantitative estimate of drug-likeness (QED) is 0.339. The van der Waals surface area contributed by atoms with E-state index in [0.717, 1.165) is 23.4 Å². The number of guanidine groups is 1. The summed E-state index contributed by atoms with van der Waals surface area (Å²) in [5, 5.41) is 6.28. The zero-order valence-electron chi connectivity index (χ0n) is 17.8. The molecule has 2 N–H and O–H groups in total. The number of carbonyl (C=O) groups is 1. The summed E-state index contributed by atoms with van der Waals surface area (Å²) in [5.74, 6) is 1.36. The maximum absolute atomic E-state index is 12.5. The number of nitrogens with one attached hydrogen (secondary N) is 2. The molecule has 0 saturated heterocycles. The van der Waals surface area contributed by atoms with Gasteiger partial charge in [-0.1, -0.05) is 36.9 Å². The van der Waals surface area contributed by atoms with E-state index in [2.05, 4.69) is 27.2 Å². The third-order valence-electron chi connectivity index (χ3n) is 4.34. The first-order valence-corrected chi connectivity index (χ1v) is 10.1. The second kappa shape index (κ2) is 13.0. The van der Waals surface area contributed by atoms with Crippen molar-refractivity contribution in [2.75, 3.05) is 33.3 Å². The summed E-state index contributed by atoms with van der Waals surface area (Å²) in [6.45, 7) is 8.02. The van der Waals surface area contributed by atoms with Gasteiger partial charge in [0.15, 0.2) is 5.96 Å². The van der Waals surface area contributed by atoms with Gasteiger partial charge in [0.05, 0.1) is 13.1 Å². The molecule has 2 aromatic rings. The van der Waals surface area contributed by atoms with Crippen LogP contribution in [0, 0.1) is 0 Å². The number of para-hydroxylation sites is 1. The van der Waals surface area contributed by atoms with E-state index >= 15 is 0 Å². The lowest BCUT2D eigenvalue weighted by Gasteiger charge is -2.18. The van der Waals surface area contributed by atoms with Crippen molar-refractivity contribution in [3.63, 3.8) is 0 Å². The van der Waals surface area contributed by atoms with Crippen LogP contribution in [0.15, 0.2) is 66.3 Å². The van der Waals surface area contributed by atoms with E-state index in [1.165, 1.54) is 0 Å². The highest BCUT2D eigenvalue weighted by molar-refractivity contribution is 5.86. The van der Waals surface area contributed by atoms with Gasteiger partial charge >= 0.3 is 0 Å². The standard InChI is InChI=1S/C23H31N5O2/c1-4-16-30-21-12-7-6-10-19(21)17-26-23(24-5-2)27-18-22(29)28(3)15-13-20-11-8-9-14-25-20/h4,6-12,14H,1,5,13,15-18H2,2-3H3,(H2,24,26,27). The molecule has 0 aliphatic rings. The number of aromatic nitrogens is 1. The van der Waals surface area contributed by atoms with Gasteiger partial charge < -0.3 is 20.3 Å². The van der Waals surface area contributed by atoms with E-state index in [9.17, 15) is 4.79 Å². The summed E-state index contributed by atoms with van der Waals surface area (Å²) in [5.41, 5.74) is 1.94. The number of likely N-dealkylation sites (N-methyl/N-ethyl adjacent to an activating group) is 1. The van der Waals surface area contributed by atoms with Crippen molar-refractivity contribution in [1.82, 2.24) is 20.5 Å². The Morgan fingerprint density at radius 1 is 1.23 bits per heavy atom. The molecule has 2 rings (SSSR count). The van der Waals surface area contributed by atoms with Crippen molar-refractivity contribution in [2.24, 2.45) is 4.99 Å². The van der Waals surface area contributed by atoms with Crippen LogP contribution in [-0.4, -0.2) is 55.0 Å². The maximum atomic E-state index is 12.5. The van der Waals surface area contributed by atoms with Crippen molar-refractivity contribution in [1.29, 1.82) is 0 Å². The molecule has 7 nitrogen and oxygen atoms in total. The number of carbonyl (C=O) groups excluding carboxylic acids is 1. The summed E-state index contributed by atoms with van der Waals surface area (Å²) in [6, 6.07) is 13.6. The predicted molar refractivity (Wildman–Crippen MR) is 121 cm³/mol. The molecule has 1 aromatic heterocycles. The van der Waals surface area contributed by atoms with Crippen molar-refractivity contribution in [3.8, 4) is 5.75 Å². The van der Waals surface area contributed by atoms with Crippen LogP contribution in [0.4, 0.5) is 0 Å². The van der Waals surface area contributed by atoms with Crippen LogP contribution < -0.4 is 15.4 Å².